The topological polar surface area (TPSA) is 12.0 Å². The molecular weight excluding hydrogens is 217 g/mol. The molecule has 0 bridgehead atoms. The van der Waals surface area contributed by atoms with Gasteiger partial charge in [-0.2, -0.15) is 0 Å². The van der Waals surface area contributed by atoms with Crippen LogP contribution < -0.4 is 5.32 Å². The predicted molar refractivity (Wildman–Crippen MR) is 81.7 cm³/mol. The summed E-state index contributed by atoms with van der Waals surface area (Å²) < 4.78 is 0. The molecule has 0 saturated carbocycles. The van der Waals surface area contributed by atoms with Gasteiger partial charge >= 0.3 is 0 Å². The van der Waals surface area contributed by atoms with Gasteiger partial charge in [0.05, 0.1) is 0 Å². The summed E-state index contributed by atoms with van der Waals surface area (Å²) in [6.45, 7) is 12.9. The molecule has 1 N–H and O–H groups in total. The van der Waals surface area contributed by atoms with Crippen molar-refractivity contribution in [1.29, 1.82) is 0 Å². The van der Waals surface area contributed by atoms with Crippen LogP contribution in [-0.2, 0) is 0 Å². The second-order valence-electron chi connectivity index (χ2n) is 5.24. The molecule has 0 spiro atoms. The molecular formula is C16H22BN. The zero-order valence-electron chi connectivity index (χ0n) is 11.5. The first-order valence-corrected chi connectivity index (χ1v) is 6.80. The molecule has 0 aromatic heterocycles. The fourth-order valence-corrected chi connectivity index (χ4v) is 3.03. The summed E-state index contributed by atoms with van der Waals surface area (Å²) in [7, 11) is 0. The van der Waals surface area contributed by atoms with Gasteiger partial charge in [0.25, 0.3) is 0 Å². The molecule has 0 unspecified atom stereocenters. The van der Waals surface area contributed by atoms with Gasteiger partial charge in [0.15, 0.2) is 6.71 Å². The molecule has 0 saturated heterocycles. The SMILES string of the molecule is C=C/C=C(/C(=C)C)C1=C(CC)C[C@@H]2NC=CB2C1. The highest BCUT2D eigenvalue weighted by molar-refractivity contribution is 6.67. The Labute approximate surface area is 111 Å². The molecule has 0 aromatic rings. The first-order valence-electron chi connectivity index (χ1n) is 6.80. The smallest absolute Gasteiger partial charge is 0.198 e. The van der Waals surface area contributed by atoms with Gasteiger partial charge in [-0.3, -0.25) is 0 Å². The maximum Gasteiger partial charge on any atom is 0.198 e. The molecule has 2 aliphatic rings. The minimum atomic E-state index is 0.610. The molecule has 94 valence electrons. The highest BCUT2D eigenvalue weighted by atomic mass is 14.9. The fraction of sp³-hybridized carbons (Fsp3) is 0.375. The van der Waals surface area contributed by atoms with Gasteiger partial charge in [-0.1, -0.05) is 49.4 Å². The second kappa shape index (κ2) is 5.47. The largest absolute Gasteiger partial charge is 0.396 e. The van der Waals surface area contributed by atoms with Gasteiger partial charge in [0.2, 0.25) is 0 Å². The summed E-state index contributed by atoms with van der Waals surface area (Å²) in [5.41, 5.74) is 5.51. The van der Waals surface area contributed by atoms with Crippen molar-refractivity contribution in [2.45, 2.75) is 39.0 Å². The summed E-state index contributed by atoms with van der Waals surface area (Å²) in [5, 5.41) is 3.47. The maximum atomic E-state index is 4.12. The van der Waals surface area contributed by atoms with E-state index in [4.69, 9.17) is 0 Å². The van der Waals surface area contributed by atoms with Crippen LogP contribution in [0.15, 0.2) is 59.8 Å². The summed E-state index contributed by atoms with van der Waals surface area (Å²) in [6.07, 6.45) is 9.51. The van der Waals surface area contributed by atoms with Crippen molar-refractivity contribution in [2.75, 3.05) is 0 Å². The van der Waals surface area contributed by atoms with Crippen LogP contribution in [0.1, 0.15) is 26.7 Å². The van der Waals surface area contributed by atoms with E-state index in [1.165, 1.54) is 11.1 Å². The molecule has 1 nitrogen and oxygen atoms in total. The highest BCUT2D eigenvalue weighted by Gasteiger charge is 2.33. The molecule has 0 radical (unpaired) electrons. The molecule has 0 amide bonds. The van der Waals surface area contributed by atoms with E-state index in [0.717, 1.165) is 24.7 Å². The number of fused-ring (bicyclic) bond motifs is 1. The van der Waals surface area contributed by atoms with Crippen LogP contribution in [0.3, 0.4) is 0 Å². The number of nitrogens with one attached hydrogen (secondary N) is 1. The molecule has 18 heavy (non-hydrogen) atoms. The Hall–Kier alpha value is -1.44. The van der Waals surface area contributed by atoms with Crippen molar-refractivity contribution >= 4 is 6.71 Å². The quantitative estimate of drug-likeness (QED) is 0.580. The standard InChI is InChI=1S/C16H22BN/c1-5-7-14(12(3)4)15-11-17-8-9-18-16(17)10-13(15)6-2/h5,7-9,16,18H,1,3,6,10-11H2,2,4H3/b14-7-/t16-/m0/s1. The monoisotopic (exact) mass is 239 g/mol. The Kier molecular flexibility index (Phi) is 3.95. The Morgan fingerprint density at radius 3 is 3.00 bits per heavy atom. The normalized spacial score (nSPS) is 22.9. The Morgan fingerprint density at radius 1 is 1.61 bits per heavy atom. The Bertz CT molecular complexity index is 454. The molecule has 2 rings (SSSR count). The van der Waals surface area contributed by atoms with Crippen LogP contribution in [0.4, 0.5) is 0 Å². The van der Waals surface area contributed by atoms with Gasteiger partial charge in [0.1, 0.15) is 0 Å². The lowest BCUT2D eigenvalue weighted by atomic mass is 9.38. The molecule has 1 atom stereocenters. The van der Waals surface area contributed by atoms with E-state index in [-0.39, 0.29) is 0 Å². The Morgan fingerprint density at radius 2 is 2.39 bits per heavy atom. The molecule has 2 heteroatoms. The van der Waals surface area contributed by atoms with Gasteiger partial charge in [-0.05, 0) is 43.4 Å². The van der Waals surface area contributed by atoms with Crippen molar-refractivity contribution in [3.05, 3.63) is 59.8 Å². The average Bonchev–Trinajstić information content (AvgIpc) is 2.81. The minimum absolute atomic E-state index is 0.610. The third kappa shape index (κ3) is 2.38. The number of allylic oxidation sites excluding steroid dienone is 5. The molecule has 0 aliphatic carbocycles. The van der Waals surface area contributed by atoms with E-state index in [1.54, 1.807) is 5.57 Å². The zero-order chi connectivity index (χ0) is 13.1. The molecule has 0 fully saturated rings. The summed E-state index contributed by atoms with van der Waals surface area (Å²) in [6, 6.07) is 0. The van der Waals surface area contributed by atoms with Gasteiger partial charge in [0, 0.05) is 5.94 Å². The third-order valence-corrected chi connectivity index (χ3v) is 4.00. The minimum Gasteiger partial charge on any atom is -0.396 e. The van der Waals surface area contributed by atoms with Crippen LogP contribution in [-0.4, -0.2) is 12.7 Å². The van der Waals surface area contributed by atoms with Gasteiger partial charge in [-0.25, -0.2) is 0 Å². The number of hydrogen-bond donors (Lipinski definition) is 1. The van der Waals surface area contributed by atoms with Gasteiger partial charge < -0.3 is 5.32 Å². The van der Waals surface area contributed by atoms with Crippen molar-refractivity contribution < 1.29 is 0 Å². The van der Waals surface area contributed by atoms with Crippen molar-refractivity contribution in [2.24, 2.45) is 0 Å². The molecule has 2 aliphatic heterocycles. The van der Waals surface area contributed by atoms with Crippen molar-refractivity contribution in [3.63, 3.8) is 0 Å². The average molecular weight is 239 g/mol. The van der Waals surface area contributed by atoms with Gasteiger partial charge in [-0.15, -0.1) is 0 Å². The summed E-state index contributed by atoms with van der Waals surface area (Å²) in [5.74, 6) is 2.92. The van der Waals surface area contributed by atoms with E-state index in [0.29, 0.717) is 12.7 Å². The van der Waals surface area contributed by atoms with E-state index in [9.17, 15) is 0 Å². The van der Waals surface area contributed by atoms with Crippen molar-refractivity contribution in [1.82, 2.24) is 5.32 Å². The van der Waals surface area contributed by atoms with E-state index in [2.05, 4.69) is 50.6 Å². The van der Waals surface area contributed by atoms with Crippen LogP contribution in [0, 0.1) is 0 Å². The predicted octanol–water partition coefficient (Wildman–Crippen LogP) is 3.84. The summed E-state index contributed by atoms with van der Waals surface area (Å²) >= 11 is 0. The maximum absolute atomic E-state index is 4.12. The number of rotatable bonds is 4. The third-order valence-electron chi connectivity index (χ3n) is 4.00. The lowest BCUT2D eigenvalue weighted by Gasteiger charge is -2.29. The summed E-state index contributed by atoms with van der Waals surface area (Å²) in [4.78, 5) is 0. The highest BCUT2D eigenvalue weighted by Crippen LogP contribution is 2.36. The lowest BCUT2D eigenvalue weighted by Crippen LogP contribution is -2.38. The first-order chi connectivity index (χ1) is 8.67. The van der Waals surface area contributed by atoms with E-state index >= 15 is 0 Å². The second-order valence-corrected chi connectivity index (χ2v) is 5.24. The van der Waals surface area contributed by atoms with Crippen LogP contribution in [0.5, 0.6) is 0 Å². The first kappa shape index (κ1) is 13.0. The number of hydrogen-bond acceptors (Lipinski definition) is 1. The molecule has 0 aromatic carbocycles. The van der Waals surface area contributed by atoms with E-state index < -0.39 is 0 Å². The fourth-order valence-electron chi connectivity index (χ4n) is 3.03. The Balaban J connectivity index is 2.37. The lowest BCUT2D eigenvalue weighted by molar-refractivity contribution is 0.716. The van der Waals surface area contributed by atoms with Crippen molar-refractivity contribution in [3.8, 4) is 0 Å². The molecule has 2 heterocycles. The van der Waals surface area contributed by atoms with Crippen LogP contribution in [0.25, 0.3) is 0 Å². The van der Waals surface area contributed by atoms with Crippen LogP contribution >= 0.6 is 0 Å². The zero-order valence-corrected chi connectivity index (χ0v) is 11.5. The van der Waals surface area contributed by atoms with E-state index in [1.807, 2.05) is 6.08 Å². The van der Waals surface area contributed by atoms with Crippen LogP contribution in [0.2, 0.25) is 6.32 Å².